The van der Waals surface area contributed by atoms with E-state index >= 15 is 0 Å². The van der Waals surface area contributed by atoms with E-state index < -0.39 is 27.0 Å². The molecule has 0 aromatic heterocycles. The molecular formula is C9H14N2O3S. The number of nitrogens with one attached hydrogen (secondary N) is 1. The van der Waals surface area contributed by atoms with Gasteiger partial charge >= 0.3 is 0 Å². The highest BCUT2D eigenvalue weighted by Crippen LogP contribution is 2.19. The molecule has 0 aromatic carbocycles. The van der Waals surface area contributed by atoms with Crippen LogP contribution in [0.1, 0.15) is 26.2 Å². The summed E-state index contributed by atoms with van der Waals surface area (Å²) in [7, 11) is -3.30. The van der Waals surface area contributed by atoms with Gasteiger partial charge in [-0.2, -0.15) is 5.26 Å². The first-order chi connectivity index (χ1) is 6.97. The zero-order chi connectivity index (χ0) is 11.5. The van der Waals surface area contributed by atoms with Crippen molar-refractivity contribution in [1.29, 1.82) is 5.26 Å². The van der Waals surface area contributed by atoms with Crippen molar-refractivity contribution < 1.29 is 13.2 Å². The Morgan fingerprint density at radius 2 is 2.20 bits per heavy atom. The van der Waals surface area contributed by atoms with Crippen molar-refractivity contribution in [1.82, 2.24) is 5.32 Å². The summed E-state index contributed by atoms with van der Waals surface area (Å²) in [4.78, 5) is 11.5. The lowest BCUT2D eigenvalue weighted by Gasteiger charge is -2.21. The van der Waals surface area contributed by atoms with E-state index in [2.05, 4.69) is 5.32 Å². The zero-order valence-corrected chi connectivity index (χ0v) is 9.38. The van der Waals surface area contributed by atoms with Gasteiger partial charge < -0.3 is 5.32 Å². The van der Waals surface area contributed by atoms with Crippen LogP contribution in [0.5, 0.6) is 0 Å². The van der Waals surface area contributed by atoms with Gasteiger partial charge in [-0.25, -0.2) is 8.42 Å². The van der Waals surface area contributed by atoms with Crippen LogP contribution in [-0.4, -0.2) is 31.4 Å². The van der Waals surface area contributed by atoms with Crippen molar-refractivity contribution in [3.05, 3.63) is 0 Å². The second-order valence-electron chi connectivity index (χ2n) is 3.71. The molecule has 1 rings (SSSR count). The van der Waals surface area contributed by atoms with Gasteiger partial charge in [0.15, 0.2) is 9.84 Å². The number of hydrogen-bond acceptors (Lipinski definition) is 4. The van der Waals surface area contributed by atoms with Gasteiger partial charge in [-0.05, 0) is 19.8 Å². The van der Waals surface area contributed by atoms with E-state index in [0.29, 0.717) is 12.8 Å². The maximum Gasteiger partial charge on any atom is 0.239 e. The van der Waals surface area contributed by atoms with Crippen LogP contribution in [-0.2, 0) is 14.6 Å². The predicted molar refractivity (Wildman–Crippen MR) is 54.6 cm³/mol. The first-order valence-corrected chi connectivity index (χ1v) is 6.60. The first-order valence-electron chi connectivity index (χ1n) is 4.89. The molecule has 2 atom stereocenters. The lowest BCUT2D eigenvalue weighted by Crippen LogP contribution is -2.45. The van der Waals surface area contributed by atoms with Crippen LogP contribution < -0.4 is 5.32 Å². The molecule has 1 N–H and O–H groups in total. The third-order valence-electron chi connectivity index (χ3n) is 2.42. The summed E-state index contributed by atoms with van der Waals surface area (Å²) < 4.78 is 23.1. The van der Waals surface area contributed by atoms with Crippen molar-refractivity contribution in [2.24, 2.45) is 0 Å². The SMILES string of the molecule is CC(C#N)NC(=O)C1CCCCS1(=O)=O. The van der Waals surface area contributed by atoms with Crippen LogP contribution in [0.4, 0.5) is 0 Å². The van der Waals surface area contributed by atoms with Crippen LogP contribution in [0.15, 0.2) is 0 Å². The summed E-state index contributed by atoms with van der Waals surface area (Å²) in [6.45, 7) is 1.52. The molecular weight excluding hydrogens is 216 g/mol. The van der Waals surface area contributed by atoms with E-state index in [4.69, 9.17) is 5.26 Å². The first kappa shape index (κ1) is 12.0. The molecule has 0 spiro atoms. The molecule has 5 nitrogen and oxygen atoms in total. The van der Waals surface area contributed by atoms with Crippen LogP contribution in [0.3, 0.4) is 0 Å². The van der Waals surface area contributed by atoms with E-state index in [1.807, 2.05) is 6.07 Å². The Balaban J connectivity index is 2.71. The minimum atomic E-state index is -3.30. The van der Waals surface area contributed by atoms with Crippen LogP contribution in [0.2, 0.25) is 0 Å². The minimum Gasteiger partial charge on any atom is -0.339 e. The normalized spacial score (nSPS) is 26.3. The lowest BCUT2D eigenvalue weighted by molar-refractivity contribution is -0.121. The molecule has 1 fully saturated rings. The van der Waals surface area contributed by atoms with E-state index in [1.165, 1.54) is 6.92 Å². The van der Waals surface area contributed by atoms with E-state index in [0.717, 1.165) is 6.42 Å². The van der Waals surface area contributed by atoms with Crippen LogP contribution in [0.25, 0.3) is 0 Å². The molecule has 0 radical (unpaired) electrons. The second kappa shape index (κ2) is 4.62. The number of nitriles is 1. The molecule has 0 saturated carbocycles. The second-order valence-corrected chi connectivity index (χ2v) is 6.01. The van der Waals surface area contributed by atoms with Gasteiger partial charge in [0, 0.05) is 0 Å². The van der Waals surface area contributed by atoms with Gasteiger partial charge in [0.05, 0.1) is 11.8 Å². The summed E-state index contributed by atoms with van der Waals surface area (Å²) in [5.41, 5.74) is 0. The molecule has 0 aliphatic carbocycles. The highest BCUT2D eigenvalue weighted by atomic mass is 32.2. The highest BCUT2D eigenvalue weighted by Gasteiger charge is 2.35. The molecule has 1 amide bonds. The molecule has 0 aromatic rings. The third-order valence-corrected chi connectivity index (χ3v) is 4.60. The van der Waals surface area contributed by atoms with Crippen molar-refractivity contribution in [2.75, 3.05) is 5.75 Å². The number of carbonyl (C=O) groups is 1. The minimum absolute atomic E-state index is 0.0754. The molecule has 1 saturated heterocycles. The molecule has 1 aliphatic rings. The largest absolute Gasteiger partial charge is 0.339 e. The van der Waals surface area contributed by atoms with E-state index in [1.54, 1.807) is 0 Å². The van der Waals surface area contributed by atoms with Gasteiger partial charge in [-0.1, -0.05) is 6.42 Å². The average Bonchev–Trinajstić information content (AvgIpc) is 2.16. The monoisotopic (exact) mass is 230 g/mol. The molecule has 1 aliphatic heterocycles. The smallest absolute Gasteiger partial charge is 0.239 e. The zero-order valence-electron chi connectivity index (χ0n) is 8.56. The quantitative estimate of drug-likeness (QED) is 0.722. The number of amides is 1. The Morgan fingerprint density at radius 1 is 1.53 bits per heavy atom. The number of nitrogens with zero attached hydrogens (tertiary/aromatic N) is 1. The highest BCUT2D eigenvalue weighted by molar-refractivity contribution is 7.92. The molecule has 1 heterocycles. The average molecular weight is 230 g/mol. The van der Waals surface area contributed by atoms with Gasteiger partial charge in [0.25, 0.3) is 0 Å². The number of hydrogen-bond donors (Lipinski definition) is 1. The summed E-state index contributed by atoms with van der Waals surface area (Å²) in [6, 6.07) is 1.19. The fourth-order valence-corrected chi connectivity index (χ4v) is 3.40. The van der Waals surface area contributed by atoms with Crippen LogP contribution in [0, 0.1) is 11.3 Å². The van der Waals surface area contributed by atoms with Crippen molar-refractivity contribution >= 4 is 15.7 Å². The Labute approximate surface area is 89.4 Å². The summed E-state index contributed by atoms with van der Waals surface area (Å²) >= 11 is 0. The summed E-state index contributed by atoms with van der Waals surface area (Å²) in [5.74, 6) is -0.463. The number of rotatable bonds is 2. The van der Waals surface area contributed by atoms with Crippen molar-refractivity contribution in [3.8, 4) is 6.07 Å². The lowest BCUT2D eigenvalue weighted by atomic mass is 10.2. The topological polar surface area (TPSA) is 87.0 Å². The van der Waals surface area contributed by atoms with Gasteiger partial charge in [-0.15, -0.1) is 0 Å². The molecule has 6 heteroatoms. The maximum absolute atomic E-state index is 11.5. The molecule has 2 unspecified atom stereocenters. The Morgan fingerprint density at radius 3 is 2.73 bits per heavy atom. The van der Waals surface area contributed by atoms with Gasteiger partial charge in [0.1, 0.15) is 11.3 Å². The fourth-order valence-electron chi connectivity index (χ4n) is 1.59. The predicted octanol–water partition coefficient (Wildman–Crippen LogP) is -0.0180. The van der Waals surface area contributed by atoms with Crippen molar-refractivity contribution in [2.45, 2.75) is 37.5 Å². The third kappa shape index (κ3) is 2.93. The van der Waals surface area contributed by atoms with E-state index in [-0.39, 0.29) is 5.75 Å². The standard InChI is InChI=1S/C9H14N2O3S/c1-7(6-10)11-9(12)8-4-2-3-5-15(8,13)14/h7-8H,2-5H2,1H3,(H,11,12). The maximum atomic E-state index is 11.5. The molecule has 84 valence electrons. The summed E-state index contributed by atoms with van der Waals surface area (Å²) in [5, 5.41) is 9.92. The van der Waals surface area contributed by atoms with Gasteiger partial charge in [0.2, 0.25) is 5.91 Å². The van der Waals surface area contributed by atoms with Crippen LogP contribution >= 0.6 is 0 Å². The molecule has 15 heavy (non-hydrogen) atoms. The van der Waals surface area contributed by atoms with Crippen molar-refractivity contribution in [3.63, 3.8) is 0 Å². The Hall–Kier alpha value is -1.09. The Kier molecular flexibility index (Phi) is 3.69. The van der Waals surface area contributed by atoms with E-state index in [9.17, 15) is 13.2 Å². The fraction of sp³-hybridized carbons (Fsp3) is 0.778. The number of sulfone groups is 1. The molecule has 0 bridgehead atoms. The Bertz CT molecular complexity index is 383. The number of carbonyl (C=O) groups excluding carboxylic acids is 1. The van der Waals surface area contributed by atoms with Gasteiger partial charge in [-0.3, -0.25) is 4.79 Å². The summed E-state index contributed by atoms with van der Waals surface area (Å²) in [6.07, 6.45) is 1.74.